The van der Waals surface area contributed by atoms with Crippen molar-refractivity contribution in [2.45, 2.75) is 26.0 Å². The van der Waals surface area contributed by atoms with Crippen molar-refractivity contribution in [2.75, 3.05) is 13.2 Å². The van der Waals surface area contributed by atoms with E-state index in [1.54, 1.807) is 6.92 Å². The number of carbonyl (C=O) groups is 1. The SMILES string of the molecule is CC(CNC(=O)C(C)(N)c1ccccc1)COCc1ccccc1. The van der Waals surface area contributed by atoms with Gasteiger partial charge in [0, 0.05) is 6.54 Å². The van der Waals surface area contributed by atoms with Crippen molar-refractivity contribution >= 4 is 5.91 Å². The van der Waals surface area contributed by atoms with Crippen LogP contribution in [0.15, 0.2) is 60.7 Å². The van der Waals surface area contributed by atoms with E-state index < -0.39 is 5.54 Å². The van der Waals surface area contributed by atoms with Crippen LogP contribution in [0.1, 0.15) is 25.0 Å². The molecule has 0 aromatic heterocycles. The molecule has 2 aromatic carbocycles. The van der Waals surface area contributed by atoms with Gasteiger partial charge >= 0.3 is 0 Å². The van der Waals surface area contributed by atoms with Gasteiger partial charge in [0.1, 0.15) is 5.54 Å². The first kappa shape index (κ1) is 18.2. The number of nitrogens with one attached hydrogen (secondary N) is 1. The van der Waals surface area contributed by atoms with Crippen LogP contribution in [0.3, 0.4) is 0 Å². The van der Waals surface area contributed by atoms with E-state index in [2.05, 4.69) is 5.32 Å². The fourth-order valence-electron chi connectivity index (χ4n) is 2.38. The van der Waals surface area contributed by atoms with Crippen LogP contribution in [0.2, 0.25) is 0 Å². The largest absolute Gasteiger partial charge is 0.376 e. The van der Waals surface area contributed by atoms with Crippen LogP contribution in [-0.4, -0.2) is 19.1 Å². The maximum absolute atomic E-state index is 12.4. The summed E-state index contributed by atoms with van der Waals surface area (Å²) in [5.74, 6) is 0.0350. The predicted molar refractivity (Wildman–Crippen MR) is 96.3 cm³/mol. The molecule has 128 valence electrons. The summed E-state index contributed by atoms with van der Waals surface area (Å²) in [6.45, 7) is 5.47. The van der Waals surface area contributed by atoms with E-state index in [9.17, 15) is 4.79 Å². The molecule has 1 amide bonds. The topological polar surface area (TPSA) is 64.4 Å². The summed E-state index contributed by atoms with van der Waals surface area (Å²) >= 11 is 0. The summed E-state index contributed by atoms with van der Waals surface area (Å²) in [7, 11) is 0. The second-order valence-electron chi connectivity index (χ2n) is 6.38. The molecule has 4 nitrogen and oxygen atoms in total. The van der Waals surface area contributed by atoms with Gasteiger partial charge in [-0.15, -0.1) is 0 Å². The third kappa shape index (κ3) is 5.18. The van der Waals surface area contributed by atoms with E-state index >= 15 is 0 Å². The molecule has 0 spiro atoms. The standard InChI is InChI=1S/C20H26N2O2/c1-16(14-24-15-17-9-5-3-6-10-17)13-22-19(23)20(2,21)18-11-7-4-8-12-18/h3-12,16H,13-15,21H2,1-2H3,(H,22,23). The quantitative estimate of drug-likeness (QED) is 0.784. The fraction of sp³-hybridized carbons (Fsp3) is 0.350. The molecule has 2 atom stereocenters. The molecule has 24 heavy (non-hydrogen) atoms. The van der Waals surface area contributed by atoms with E-state index in [4.69, 9.17) is 10.5 Å². The highest BCUT2D eigenvalue weighted by Crippen LogP contribution is 2.17. The molecule has 0 aliphatic carbocycles. The van der Waals surface area contributed by atoms with Gasteiger partial charge in [0.2, 0.25) is 5.91 Å². The van der Waals surface area contributed by atoms with Crippen LogP contribution in [0.25, 0.3) is 0 Å². The molecule has 0 aliphatic rings. The van der Waals surface area contributed by atoms with Gasteiger partial charge in [-0.25, -0.2) is 0 Å². The third-order valence-corrected chi connectivity index (χ3v) is 3.97. The van der Waals surface area contributed by atoms with Crippen molar-refractivity contribution < 1.29 is 9.53 Å². The van der Waals surface area contributed by atoms with Gasteiger partial charge < -0.3 is 15.8 Å². The Hall–Kier alpha value is -2.17. The number of hydrogen-bond acceptors (Lipinski definition) is 3. The average Bonchev–Trinajstić information content (AvgIpc) is 2.61. The summed E-state index contributed by atoms with van der Waals surface area (Å²) in [4.78, 5) is 12.4. The Kier molecular flexibility index (Phi) is 6.53. The minimum Gasteiger partial charge on any atom is -0.376 e. The predicted octanol–water partition coefficient (Wildman–Crippen LogP) is 2.83. The highest BCUT2D eigenvalue weighted by atomic mass is 16.5. The normalized spacial score (nSPS) is 14.6. The Morgan fingerprint density at radius 3 is 2.33 bits per heavy atom. The molecule has 0 fully saturated rings. The first-order valence-electron chi connectivity index (χ1n) is 8.24. The van der Waals surface area contributed by atoms with Crippen molar-refractivity contribution in [3.63, 3.8) is 0 Å². The molecule has 0 bridgehead atoms. The monoisotopic (exact) mass is 326 g/mol. The summed E-state index contributed by atoms with van der Waals surface area (Å²) in [5.41, 5.74) is 7.11. The van der Waals surface area contributed by atoms with E-state index in [1.807, 2.05) is 67.6 Å². The average molecular weight is 326 g/mol. The maximum Gasteiger partial charge on any atom is 0.244 e. The number of carbonyl (C=O) groups excluding carboxylic acids is 1. The summed E-state index contributed by atoms with van der Waals surface area (Å²) in [6, 6.07) is 19.4. The van der Waals surface area contributed by atoms with Crippen LogP contribution in [-0.2, 0) is 21.7 Å². The van der Waals surface area contributed by atoms with Gasteiger partial charge in [0.15, 0.2) is 0 Å². The number of hydrogen-bond donors (Lipinski definition) is 2. The molecule has 0 saturated heterocycles. The van der Waals surface area contributed by atoms with Gasteiger partial charge in [-0.05, 0) is 24.0 Å². The summed E-state index contributed by atoms with van der Waals surface area (Å²) in [5, 5.41) is 2.93. The second kappa shape index (κ2) is 8.62. The lowest BCUT2D eigenvalue weighted by atomic mass is 9.92. The van der Waals surface area contributed by atoms with Crippen LogP contribution in [0.4, 0.5) is 0 Å². The van der Waals surface area contributed by atoms with Crippen LogP contribution >= 0.6 is 0 Å². The first-order chi connectivity index (χ1) is 11.5. The van der Waals surface area contributed by atoms with Crippen molar-refractivity contribution in [3.8, 4) is 0 Å². The highest BCUT2D eigenvalue weighted by Gasteiger charge is 2.30. The van der Waals surface area contributed by atoms with Crippen LogP contribution in [0.5, 0.6) is 0 Å². The fourth-order valence-corrected chi connectivity index (χ4v) is 2.38. The van der Waals surface area contributed by atoms with Crippen LogP contribution < -0.4 is 11.1 Å². The maximum atomic E-state index is 12.4. The molecule has 0 heterocycles. The smallest absolute Gasteiger partial charge is 0.244 e. The van der Waals surface area contributed by atoms with Crippen LogP contribution in [0, 0.1) is 5.92 Å². The zero-order chi connectivity index (χ0) is 17.4. The van der Waals surface area contributed by atoms with Crippen molar-refractivity contribution in [1.29, 1.82) is 0 Å². The Balaban J connectivity index is 1.74. The van der Waals surface area contributed by atoms with E-state index in [0.29, 0.717) is 19.8 Å². The van der Waals surface area contributed by atoms with E-state index in [0.717, 1.165) is 11.1 Å². The molecule has 4 heteroatoms. The number of ether oxygens (including phenoxy) is 1. The number of amides is 1. The third-order valence-electron chi connectivity index (χ3n) is 3.97. The van der Waals surface area contributed by atoms with Gasteiger partial charge in [-0.2, -0.15) is 0 Å². The van der Waals surface area contributed by atoms with E-state index in [1.165, 1.54) is 0 Å². The second-order valence-corrected chi connectivity index (χ2v) is 6.38. The molecule has 2 rings (SSSR count). The minimum absolute atomic E-state index is 0.177. The lowest BCUT2D eigenvalue weighted by Gasteiger charge is -2.25. The van der Waals surface area contributed by atoms with Gasteiger partial charge in [-0.3, -0.25) is 4.79 Å². The van der Waals surface area contributed by atoms with Gasteiger partial charge in [0.05, 0.1) is 13.2 Å². The lowest BCUT2D eigenvalue weighted by molar-refractivity contribution is -0.126. The molecule has 2 unspecified atom stereocenters. The number of nitrogens with two attached hydrogens (primary N) is 1. The number of benzene rings is 2. The summed E-state index contributed by atoms with van der Waals surface area (Å²) < 4.78 is 5.70. The molecule has 2 aromatic rings. The molecule has 3 N–H and O–H groups in total. The first-order valence-corrected chi connectivity index (χ1v) is 8.24. The van der Waals surface area contributed by atoms with Gasteiger partial charge in [0.25, 0.3) is 0 Å². The van der Waals surface area contributed by atoms with Gasteiger partial charge in [-0.1, -0.05) is 67.6 Å². The molecular formula is C20H26N2O2. The van der Waals surface area contributed by atoms with Crippen molar-refractivity contribution in [1.82, 2.24) is 5.32 Å². The summed E-state index contributed by atoms with van der Waals surface area (Å²) in [6.07, 6.45) is 0. The van der Waals surface area contributed by atoms with E-state index in [-0.39, 0.29) is 11.8 Å². The van der Waals surface area contributed by atoms with Crippen molar-refractivity contribution in [2.24, 2.45) is 11.7 Å². The zero-order valence-corrected chi connectivity index (χ0v) is 14.4. The van der Waals surface area contributed by atoms with Crippen molar-refractivity contribution in [3.05, 3.63) is 71.8 Å². The Bertz CT molecular complexity index is 627. The highest BCUT2D eigenvalue weighted by molar-refractivity contribution is 5.86. The zero-order valence-electron chi connectivity index (χ0n) is 14.4. The molecule has 0 aliphatic heterocycles. The minimum atomic E-state index is -1.04. The Morgan fingerprint density at radius 2 is 1.71 bits per heavy atom. The molecule has 0 saturated carbocycles. The molecular weight excluding hydrogens is 300 g/mol. The Labute approximate surface area is 144 Å². The number of rotatable bonds is 8. The Morgan fingerprint density at radius 1 is 1.12 bits per heavy atom. The lowest BCUT2D eigenvalue weighted by Crippen LogP contribution is -2.50. The molecule has 0 radical (unpaired) electrons.